The lowest BCUT2D eigenvalue weighted by Crippen LogP contribution is -2.47. The average molecular weight is 323 g/mol. The second kappa shape index (κ2) is 6.62. The highest BCUT2D eigenvalue weighted by atomic mass is 19.1. The highest BCUT2D eigenvalue weighted by Gasteiger charge is 2.37. The molecule has 0 aliphatic carbocycles. The molecule has 2 saturated heterocycles. The van der Waals surface area contributed by atoms with Crippen molar-refractivity contribution in [3.8, 4) is 0 Å². The van der Waals surface area contributed by atoms with E-state index < -0.39 is 23.6 Å². The molecule has 1 aromatic rings. The zero-order valence-corrected chi connectivity index (χ0v) is 12.6. The summed E-state index contributed by atoms with van der Waals surface area (Å²) in [6, 6.07) is 2.77. The van der Waals surface area contributed by atoms with Gasteiger partial charge in [0.1, 0.15) is 23.4 Å². The SMILES string of the molecule is O=C(NC1CCN(c2c(F)cccc2F)C1=O)C1CCCNC1. The largest absolute Gasteiger partial charge is 0.344 e. The summed E-state index contributed by atoms with van der Waals surface area (Å²) in [5.74, 6) is -2.35. The van der Waals surface area contributed by atoms with Gasteiger partial charge in [0, 0.05) is 13.1 Å². The van der Waals surface area contributed by atoms with Gasteiger partial charge in [0.2, 0.25) is 11.8 Å². The number of benzene rings is 1. The topological polar surface area (TPSA) is 61.4 Å². The van der Waals surface area contributed by atoms with Crippen LogP contribution in [0.15, 0.2) is 18.2 Å². The van der Waals surface area contributed by atoms with Gasteiger partial charge in [-0.25, -0.2) is 8.78 Å². The molecule has 2 aliphatic rings. The molecule has 2 aliphatic heterocycles. The number of piperidine rings is 1. The Morgan fingerprint density at radius 1 is 1.26 bits per heavy atom. The summed E-state index contributed by atoms with van der Waals surface area (Å²) < 4.78 is 27.7. The maximum atomic E-state index is 13.8. The number of carbonyl (C=O) groups is 2. The van der Waals surface area contributed by atoms with E-state index in [1.807, 2.05) is 0 Å². The minimum atomic E-state index is -0.776. The smallest absolute Gasteiger partial charge is 0.249 e. The summed E-state index contributed by atoms with van der Waals surface area (Å²) in [5.41, 5.74) is -0.339. The van der Waals surface area contributed by atoms with Gasteiger partial charge in [-0.1, -0.05) is 6.07 Å². The van der Waals surface area contributed by atoms with Gasteiger partial charge in [0.15, 0.2) is 0 Å². The second-order valence-corrected chi connectivity index (χ2v) is 5.95. The molecule has 23 heavy (non-hydrogen) atoms. The fourth-order valence-corrected chi connectivity index (χ4v) is 3.15. The Bertz CT molecular complexity index is 597. The Balaban J connectivity index is 1.68. The van der Waals surface area contributed by atoms with Gasteiger partial charge in [-0.15, -0.1) is 0 Å². The Hall–Kier alpha value is -2.02. The summed E-state index contributed by atoms with van der Waals surface area (Å²) in [6.07, 6.45) is 2.05. The first-order valence-electron chi connectivity index (χ1n) is 7.84. The third-order valence-electron chi connectivity index (χ3n) is 4.40. The number of hydrogen-bond donors (Lipinski definition) is 2. The molecular weight excluding hydrogens is 304 g/mol. The van der Waals surface area contributed by atoms with Gasteiger partial charge in [-0.05, 0) is 37.9 Å². The van der Waals surface area contributed by atoms with E-state index in [0.717, 1.165) is 36.4 Å². The van der Waals surface area contributed by atoms with Crippen LogP contribution in [0.2, 0.25) is 0 Å². The van der Waals surface area contributed by atoms with Crippen molar-refractivity contribution in [2.75, 3.05) is 24.5 Å². The fraction of sp³-hybridized carbons (Fsp3) is 0.500. The number of nitrogens with one attached hydrogen (secondary N) is 2. The average Bonchev–Trinajstić information content (AvgIpc) is 2.89. The number of para-hydroxylation sites is 1. The molecule has 2 N–H and O–H groups in total. The van der Waals surface area contributed by atoms with Crippen LogP contribution in [-0.4, -0.2) is 37.5 Å². The maximum absolute atomic E-state index is 13.8. The molecule has 2 heterocycles. The lowest BCUT2D eigenvalue weighted by molar-refractivity contribution is -0.129. The van der Waals surface area contributed by atoms with Crippen molar-refractivity contribution < 1.29 is 18.4 Å². The standard InChI is InChI=1S/C16H19F2N3O2/c17-11-4-1-5-12(18)14(11)21-8-6-13(16(21)23)20-15(22)10-3-2-7-19-9-10/h1,4-5,10,13,19H,2-3,6-9H2,(H,20,22). The van der Waals surface area contributed by atoms with E-state index in [1.165, 1.54) is 6.07 Å². The Labute approximate surface area is 133 Å². The molecule has 0 saturated carbocycles. The number of rotatable bonds is 3. The van der Waals surface area contributed by atoms with Crippen molar-refractivity contribution in [1.82, 2.24) is 10.6 Å². The summed E-state index contributed by atoms with van der Waals surface area (Å²) in [7, 11) is 0. The van der Waals surface area contributed by atoms with Crippen LogP contribution in [0.5, 0.6) is 0 Å². The molecule has 0 bridgehead atoms. The van der Waals surface area contributed by atoms with E-state index in [4.69, 9.17) is 0 Å². The van der Waals surface area contributed by atoms with Crippen molar-refractivity contribution in [3.63, 3.8) is 0 Å². The Kier molecular flexibility index (Phi) is 4.56. The first-order chi connectivity index (χ1) is 11.1. The van der Waals surface area contributed by atoms with Crippen LogP contribution in [0.3, 0.4) is 0 Å². The predicted molar refractivity (Wildman–Crippen MR) is 80.9 cm³/mol. The van der Waals surface area contributed by atoms with Crippen LogP contribution in [0.25, 0.3) is 0 Å². The van der Waals surface area contributed by atoms with Gasteiger partial charge in [-0.2, -0.15) is 0 Å². The van der Waals surface area contributed by atoms with E-state index in [1.54, 1.807) is 0 Å². The van der Waals surface area contributed by atoms with Crippen molar-refractivity contribution in [2.24, 2.45) is 5.92 Å². The summed E-state index contributed by atoms with van der Waals surface area (Å²) in [5, 5.41) is 5.87. The van der Waals surface area contributed by atoms with Gasteiger partial charge in [0.05, 0.1) is 5.92 Å². The lowest BCUT2D eigenvalue weighted by Gasteiger charge is -2.23. The van der Waals surface area contributed by atoms with Crippen molar-refractivity contribution in [1.29, 1.82) is 0 Å². The van der Waals surface area contributed by atoms with Crippen molar-refractivity contribution in [2.45, 2.75) is 25.3 Å². The van der Waals surface area contributed by atoms with Crippen LogP contribution in [0.1, 0.15) is 19.3 Å². The molecule has 0 radical (unpaired) electrons. The number of nitrogens with zero attached hydrogens (tertiary/aromatic N) is 1. The van der Waals surface area contributed by atoms with E-state index >= 15 is 0 Å². The third kappa shape index (κ3) is 3.19. The molecule has 3 rings (SSSR count). The summed E-state index contributed by atoms with van der Waals surface area (Å²) in [4.78, 5) is 25.7. The third-order valence-corrected chi connectivity index (χ3v) is 4.40. The molecule has 2 atom stereocenters. The Morgan fingerprint density at radius 3 is 2.65 bits per heavy atom. The molecule has 7 heteroatoms. The van der Waals surface area contributed by atoms with Gasteiger partial charge < -0.3 is 15.5 Å². The highest BCUT2D eigenvalue weighted by Crippen LogP contribution is 2.27. The van der Waals surface area contributed by atoms with Crippen LogP contribution in [0, 0.1) is 17.6 Å². The molecule has 0 aromatic heterocycles. The number of halogens is 2. The minimum Gasteiger partial charge on any atom is -0.344 e. The van der Waals surface area contributed by atoms with Crippen LogP contribution in [0.4, 0.5) is 14.5 Å². The first-order valence-corrected chi connectivity index (χ1v) is 7.84. The van der Waals surface area contributed by atoms with Crippen LogP contribution < -0.4 is 15.5 Å². The van der Waals surface area contributed by atoms with E-state index in [9.17, 15) is 18.4 Å². The molecular formula is C16H19F2N3O2. The van der Waals surface area contributed by atoms with Crippen molar-refractivity contribution in [3.05, 3.63) is 29.8 Å². The predicted octanol–water partition coefficient (Wildman–Crippen LogP) is 1.19. The van der Waals surface area contributed by atoms with Gasteiger partial charge in [0.25, 0.3) is 0 Å². The van der Waals surface area contributed by atoms with E-state index in [0.29, 0.717) is 13.0 Å². The molecule has 2 fully saturated rings. The molecule has 2 amide bonds. The number of carbonyl (C=O) groups excluding carboxylic acids is 2. The maximum Gasteiger partial charge on any atom is 0.249 e. The summed E-state index contributed by atoms with van der Waals surface area (Å²) in [6.45, 7) is 1.68. The van der Waals surface area contributed by atoms with Gasteiger partial charge >= 0.3 is 0 Å². The molecule has 0 spiro atoms. The van der Waals surface area contributed by atoms with Crippen LogP contribution in [-0.2, 0) is 9.59 Å². The molecule has 5 nitrogen and oxygen atoms in total. The monoisotopic (exact) mass is 323 g/mol. The molecule has 1 aromatic carbocycles. The van der Waals surface area contributed by atoms with E-state index in [2.05, 4.69) is 10.6 Å². The highest BCUT2D eigenvalue weighted by molar-refractivity contribution is 6.01. The zero-order chi connectivity index (χ0) is 16.4. The fourth-order valence-electron chi connectivity index (χ4n) is 3.15. The number of anilines is 1. The number of amides is 2. The van der Waals surface area contributed by atoms with Crippen molar-refractivity contribution >= 4 is 17.5 Å². The lowest BCUT2D eigenvalue weighted by atomic mass is 9.98. The van der Waals surface area contributed by atoms with E-state index in [-0.39, 0.29) is 24.1 Å². The summed E-state index contributed by atoms with van der Waals surface area (Å²) >= 11 is 0. The normalized spacial score (nSPS) is 24.8. The minimum absolute atomic E-state index is 0.157. The van der Waals surface area contributed by atoms with Gasteiger partial charge in [-0.3, -0.25) is 9.59 Å². The first kappa shape index (κ1) is 15.9. The number of hydrogen-bond acceptors (Lipinski definition) is 3. The quantitative estimate of drug-likeness (QED) is 0.878. The second-order valence-electron chi connectivity index (χ2n) is 5.95. The van der Waals surface area contributed by atoms with Crippen LogP contribution >= 0.6 is 0 Å². The molecule has 124 valence electrons. The Morgan fingerprint density at radius 2 is 2.00 bits per heavy atom. The zero-order valence-electron chi connectivity index (χ0n) is 12.6. The molecule has 2 unspecified atom stereocenters.